The quantitative estimate of drug-likeness (QED) is 0.162. The molecule has 0 unspecified atom stereocenters. The Morgan fingerprint density at radius 2 is 0.889 bits per heavy atom. The molecule has 0 amide bonds. The van der Waals surface area contributed by atoms with Crippen LogP contribution in [0.3, 0.4) is 0 Å². The third-order valence-corrected chi connectivity index (χ3v) is 6.51. The average Bonchev–Trinajstić information content (AvgIpc) is 3.44. The first-order chi connectivity index (χ1) is 16.8. The molecule has 0 aliphatic heterocycles. The Morgan fingerprint density at radius 3 is 1.17 bits per heavy atom. The van der Waals surface area contributed by atoms with E-state index >= 15 is 0 Å². The molecule has 4 rings (SSSR count). The number of carbonyl (C=O) groups excluding carboxylic acids is 2. The number of halogens is 8. The molecule has 6 nitrogen and oxygen atoms in total. The molecule has 2 heterocycles. The Bertz CT molecular complexity index is 1340. The van der Waals surface area contributed by atoms with Gasteiger partial charge in [0.2, 0.25) is 7.59 Å². The SMILES string of the molecule is O=C(C(=O)n1nc(-c2ccc(Cl)cc2)cc1C(Cl)(Cl)Cl)n1nc(-c2ccc(Cl)cc2)cc1C(Cl)(Cl)Cl. The minimum Gasteiger partial charge on any atom is -0.261 e. The second-order valence-corrected chi connectivity index (χ2v) is 12.7. The van der Waals surface area contributed by atoms with Crippen LogP contribution in [0.4, 0.5) is 0 Å². The van der Waals surface area contributed by atoms with Gasteiger partial charge in [0, 0.05) is 21.2 Å². The zero-order chi connectivity index (χ0) is 26.4. The van der Waals surface area contributed by atoms with Gasteiger partial charge in [-0.2, -0.15) is 19.6 Å². The Kier molecular flexibility index (Phi) is 7.92. The normalized spacial score (nSPS) is 12.1. The van der Waals surface area contributed by atoms with Crippen molar-refractivity contribution >= 4 is 105 Å². The number of hydrogen-bond acceptors (Lipinski definition) is 4. The van der Waals surface area contributed by atoms with Crippen molar-refractivity contribution in [3.8, 4) is 22.5 Å². The maximum Gasteiger partial charge on any atom is 0.338 e. The lowest BCUT2D eigenvalue weighted by molar-refractivity contribution is 0.0692. The number of aromatic nitrogens is 4. The largest absolute Gasteiger partial charge is 0.338 e. The van der Waals surface area contributed by atoms with Gasteiger partial charge in [-0.05, 0) is 36.4 Å². The highest BCUT2D eigenvalue weighted by Crippen LogP contribution is 2.41. The van der Waals surface area contributed by atoms with E-state index < -0.39 is 19.4 Å². The van der Waals surface area contributed by atoms with Crippen molar-refractivity contribution in [3.05, 3.63) is 82.1 Å². The molecule has 14 heteroatoms. The van der Waals surface area contributed by atoms with Gasteiger partial charge in [-0.15, -0.1) is 0 Å². The van der Waals surface area contributed by atoms with Crippen LogP contribution in [-0.2, 0) is 7.59 Å². The van der Waals surface area contributed by atoms with Gasteiger partial charge in [0.1, 0.15) is 0 Å². The lowest BCUT2D eigenvalue weighted by Gasteiger charge is -2.14. The number of alkyl halides is 6. The average molecular weight is 646 g/mol. The summed E-state index contributed by atoms with van der Waals surface area (Å²) in [5.41, 5.74) is 1.24. The molecule has 2 aromatic carbocycles. The summed E-state index contributed by atoms with van der Waals surface area (Å²) in [6, 6.07) is 15.8. The summed E-state index contributed by atoms with van der Waals surface area (Å²) >= 11 is 48.3. The molecule has 0 saturated carbocycles. The first-order valence-electron chi connectivity index (χ1n) is 9.71. The van der Waals surface area contributed by atoms with Crippen LogP contribution in [0.2, 0.25) is 10.0 Å². The number of benzene rings is 2. The first-order valence-corrected chi connectivity index (χ1v) is 12.7. The van der Waals surface area contributed by atoms with Gasteiger partial charge in [0.25, 0.3) is 0 Å². The van der Waals surface area contributed by atoms with Crippen molar-refractivity contribution in [2.45, 2.75) is 7.59 Å². The highest BCUT2D eigenvalue weighted by molar-refractivity contribution is 6.67. The maximum absolute atomic E-state index is 13.3. The molecule has 0 bridgehead atoms. The molecule has 0 saturated heterocycles. The summed E-state index contributed by atoms with van der Waals surface area (Å²) in [4.78, 5) is 26.7. The summed E-state index contributed by atoms with van der Waals surface area (Å²) in [5.74, 6) is -2.42. The standard InChI is InChI=1S/C22H10Cl8N4O2/c23-13-5-1-11(2-6-13)15-9-17(21(25,26)27)33(31-15)19(35)20(36)34-18(22(28,29)30)10-16(32-34)12-3-7-14(24)8-4-12/h1-10H. The Hall–Kier alpha value is -1.48. The minimum absolute atomic E-state index is 0.184. The summed E-state index contributed by atoms with van der Waals surface area (Å²) in [6.45, 7) is 0. The molecule has 0 atom stereocenters. The summed E-state index contributed by atoms with van der Waals surface area (Å²) in [6.07, 6.45) is 0. The van der Waals surface area contributed by atoms with Gasteiger partial charge in [-0.1, -0.05) is 117 Å². The predicted octanol–water partition coefficient (Wildman–Crippen LogP) is 8.35. The van der Waals surface area contributed by atoms with Gasteiger partial charge in [-0.25, -0.2) is 0 Å². The van der Waals surface area contributed by atoms with Crippen molar-refractivity contribution in [1.82, 2.24) is 19.6 Å². The van der Waals surface area contributed by atoms with Crippen molar-refractivity contribution in [2.24, 2.45) is 0 Å². The lowest BCUT2D eigenvalue weighted by Crippen LogP contribution is -2.33. The molecule has 4 aromatic rings. The van der Waals surface area contributed by atoms with Gasteiger partial charge in [0.15, 0.2) is 0 Å². The lowest BCUT2D eigenvalue weighted by atomic mass is 10.1. The van der Waals surface area contributed by atoms with E-state index in [0.29, 0.717) is 30.5 Å². The number of rotatable bonds is 2. The van der Waals surface area contributed by atoms with E-state index in [1.54, 1.807) is 48.5 Å². The van der Waals surface area contributed by atoms with E-state index in [2.05, 4.69) is 10.2 Å². The third kappa shape index (κ3) is 5.82. The fraction of sp³-hybridized carbons (Fsp3) is 0.0909. The van der Waals surface area contributed by atoms with E-state index in [-0.39, 0.29) is 22.8 Å². The van der Waals surface area contributed by atoms with E-state index in [1.807, 2.05) is 0 Å². The second kappa shape index (κ2) is 10.4. The summed E-state index contributed by atoms with van der Waals surface area (Å²) < 4.78 is -2.87. The van der Waals surface area contributed by atoms with Gasteiger partial charge < -0.3 is 0 Å². The Morgan fingerprint density at radius 1 is 0.583 bits per heavy atom. The smallest absolute Gasteiger partial charge is 0.261 e. The van der Waals surface area contributed by atoms with Crippen LogP contribution in [0, 0.1) is 0 Å². The van der Waals surface area contributed by atoms with E-state index in [1.165, 1.54) is 12.1 Å². The van der Waals surface area contributed by atoms with Crippen molar-refractivity contribution in [2.75, 3.05) is 0 Å². The number of carbonyl (C=O) groups is 2. The highest BCUT2D eigenvalue weighted by Gasteiger charge is 2.37. The molecule has 186 valence electrons. The monoisotopic (exact) mass is 642 g/mol. The van der Waals surface area contributed by atoms with Crippen LogP contribution in [0.25, 0.3) is 22.5 Å². The van der Waals surface area contributed by atoms with Crippen LogP contribution in [0.1, 0.15) is 21.0 Å². The van der Waals surface area contributed by atoms with Crippen molar-refractivity contribution in [3.63, 3.8) is 0 Å². The molecule has 0 N–H and O–H groups in total. The zero-order valence-corrected chi connectivity index (χ0v) is 23.5. The zero-order valence-electron chi connectivity index (χ0n) is 17.4. The number of hydrogen-bond donors (Lipinski definition) is 0. The topological polar surface area (TPSA) is 69.8 Å². The predicted molar refractivity (Wildman–Crippen MR) is 145 cm³/mol. The Balaban J connectivity index is 1.80. The van der Waals surface area contributed by atoms with Crippen molar-refractivity contribution in [1.29, 1.82) is 0 Å². The van der Waals surface area contributed by atoms with Crippen LogP contribution < -0.4 is 0 Å². The Labute approximate surface area is 244 Å². The fourth-order valence-corrected chi connectivity index (χ4v) is 4.24. The maximum atomic E-state index is 13.3. The molecule has 0 radical (unpaired) electrons. The van der Waals surface area contributed by atoms with Gasteiger partial charge in [-0.3, -0.25) is 9.59 Å². The number of nitrogens with zero attached hydrogens (tertiary/aromatic N) is 4. The van der Waals surface area contributed by atoms with E-state index in [0.717, 1.165) is 0 Å². The van der Waals surface area contributed by atoms with Crippen molar-refractivity contribution < 1.29 is 9.59 Å². The fourth-order valence-electron chi connectivity index (χ4n) is 3.18. The molecule has 36 heavy (non-hydrogen) atoms. The molecule has 0 aliphatic carbocycles. The molecule has 2 aromatic heterocycles. The molecule has 0 spiro atoms. The first kappa shape index (κ1) is 27.6. The van der Waals surface area contributed by atoms with Gasteiger partial charge in [0.05, 0.1) is 22.8 Å². The van der Waals surface area contributed by atoms with Gasteiger partial charge >= 0.3 is 11.8 Å². The second-order valence-electron chi connectivity index (χ2n) is 7.27. The van der Waals surface area contributed by atoms with E-state index in [4.69, 9.17) is 92.8 Å². The highest BCUT2D eigenvalue weighted by atomic mass is 35.6. The third-order valence-electron chi connectivity index (χ3n) is 4.85. The molecule has 0 fully saturated rings. The molecule has 0 aliphatic rings. The van der Waals surface area contributed by atoms with Crippen LogP contribution in [-0.4, -0.2) is 31.4 Å². The van der Waals surface area contributed by atoms with Crippen LogP contribution in [0.15, 0.2) is 60.7 Å². The summed E-state index contributed by atoms with van der Waals surface area (Å²) in [5, 5.41) is 9.34. The summed E-state index contributed by atoms with van der Waals surface area (Å²) in [7, 11) is 0. The minimum atomic E-state index is -2.11. The van der Waals surface area contributed by atoms with E-state index in [9.17, 15) is 9.59 Å². The molecular weight excluding hydrogens is 636 g/mol. The van der Waals surface area contributed by atoms with Crippen LogP contribution in [0.5, 0.6) is 0 Å². The molecular formula is C22H10Cl8N4O2. The van der Waals surface area contributed by atoms with Crippen LogP contribution >= 0.6 is 92.8 Å².